The van der Waals surface area contributed by atoms with Gasteiger partial charge in [-0.1, -0.05) is 76.2 Å². The van der Waals surface area contributed by atoms with E-state index in [1.165, 1.54) is 0 Å². The van der Waals surface area contributed by atoms with Gasteiger partial charge in [0.2, 0.25) is 5.91 Å². The number of carbonyl (C=O) groups is 3. The van der Waals surface area contributed by atoms with E-state index < -0.39 is 29.6 Å². The predicted octanol–water partition coefficient (Wildman–Crippen LogP) is 4.70. The van der Waals surface area contributed by atoms with E-state index in [2.05, 4.69) is 22.8 Å². The second kappa shape index (κ2) is 9.87. The van der Waals surface area contributed by atoms with Gasteiger partial charge in [-0.25, -0.2) is 9.59 Å². The Morgan fingerprint density at radius 2 is 1.50 bits per heavy atom. The standard InChI is InChI=1S/C27H34N2O5/c1-6-27(5,24(32)28-22(23(30)31)15-26(2,3)4)29-25(33)34-16-21-19-13-9-7-11-17(19)18-12-8-10-14-20(18)21/h7-14,21-22H,6,15-16H2,1-5H3,(H,28,32)(H,29,33)(H,30,31). The highest BCUT2D eigenvalue weighted by atomic mass is 16.5. The predicted molar refractivity (Wildman–Crippen MR) is 131 cm³/mol. The lowest BCUT2D eigenvalue weighted by Crippen LogP contribution is -2.59. The first-order chi connectivity index (χ1) is 15.9. The molecule has 3 rings (SSSR count). The molecule has 2 amide bonds. The molecule has 7 heteroatoms. The zero-order chi connectivity index (χ0) is 25.1. The molecule has 2 aromatic carbocycles. The highest BCUT2D eigenvalue weighted by Crippen LogP contribution is 2.44. The summed E-state index contributed by atoms with van der Waals surface area (Å²) in [5, 5.41) is 14.8. The molecule has 2 atom stereocenters. The van der Waals surface area contributed by atoms with Crippen LogP contribution in [0.1, 0.15) is 64.5 Å². The van der Waals surface area contributed by atoms with Crippen molar-refractivity contribution >= 4 is 18.0 Å². The number of rotatable bonds is 8. The normalized spacial score (nSPS) is 15.4. The molecule has 182 valence electrons. The summed E-state index contributed by atoms with van der Waals surface area (Å²) >= 11 is 0. The zero-order valence-corrected chi connectivity index (χ0v) is 20.5. The first kappa shape index (κ1) is 25.3. The van der Waals surface area contributed by atoms with Crippen molar-refractivity contribution in [3.63, 3.8) is 0 Å². The van der Waals surface area contributed by atoms with Crippen LogP contribution >= 0.6 is 0 Å². The van der Waals surface area contributed by atoms with Crippen molar-refractivity contribution in [2.45, 2.75) is 65.0 Å². The lowest BCUT2D eigenvalue weighted by Gasteiger charge is -2.31. The van der Waals surface area contributed by atoms with Gasteiger partial charge in [-0.2, -0.15) is 0 Å². The highest BCUT2D eigenvalue weighted by molar-refractivity contribution is 5.92. The topological polar surface area (TPSA) is 105 Å². The van der Waals surface area contributed by atoms with Crippen molar-refractivity contribution in [2.75, 3.05) is 6.61 Å². The summed E-state index contributed by atoms with van der Waals surface area (Å²) in [6, 6.07) is 15.0. The lowest BCUT2D eigenvalue weighted by atomic mass is 9.87. The number of ether oxygens (including phenoxy) is 1. The van der Waals surface area contributed by atoms with Crippen LogP contribution in [0.15, 0.2) is 48.5 Å². The molecule has 2 unspecified atom stereocenters. The van der Waals surface area contributed by atoms with Crippen LogP contribution in [-0.4, -0.2) is 41.3 Å². The van der Waals surface area contributed by atoms with E-state index in [0.717, 1.165) is 22.3 Å². The summed E-state index contributed by atoms with van der Waals surface area (Å²) in [5.74, 6) is -1.76. The van der Waals surface area contributed by atoms with Crippen LogP contribution in [0.25, 0.3) is 11.1 Å². The molecule has 34 heavy (non-hydrogen) atoms. The third kappa shape index (κ3) is 5.58. The molecule has 0 bridgehead atoms. The Balaban J connectivity index is 1.67. The minimum Gasteiger partial charge on any atom is -0.480 e. The molecule has 0 aromatic heterocycles. The molecule has 0 heterocycles. The van der Waals surface area contributed by atoms with Crippen LogP contribution in [0.3, 0.4) is 0 Å². The monoisotopic (exact) mass is 466 g/mol. The Kier molecular flexibility index (Phi) is 7.34. The number of amides is 2. The van der Waals surface area contributed by atoms with Crippen molar-refractivity contribution in [3.05, 3.63) is 59.7 Å². The minimum atomic E-state index is -1.31. The molecule has 0 spiro atoms. The van der Waals surface area contributed by atoms with E-state index in [9.17, 15) is 19.5 Å². The van der Waals surface area contributed by atoms with Gasteiger partial charge in [0.15, 0.2) is 0 Å². The van der Waals surface area contributed by atoms with Crippen molar-refractivity contribution in [1.82, 2.24) is 10.6 Å². The number of carboxylic acid groups (broad SMARTS) is 1. The van der Waals surface area contributed by atoms with Gasteiger partial charge in [-0.15, -0.1) is 0 Å². The maximum absolute atomic E-state index is 13.0. The van der Waals surface area contributed by atoms with Gasteiger partial charge in [-0.05, 0) is 47.4 Å². The Labute approximate surface area is 200 Å². The largest absolute Gasteiger partial charge is 0.480 e. The van der Waals surface area contributed by atoms with Crippen molar-refractivity contribution < 1.29 is 24.2 Å². The van der Waals surface area contributed by atoms with Crippen LogP contribution in [-0.2, 0) is 14.3 Å². The Bertz CT molecular complexity index is 1030. The van der Waals surface area contributed by atoms with Crippen molar-refractivity contribution in [3.8, 4) is 11.1 Å². The van der Waals surface area contributed by atoms with E-state index in [-0.39, 0.29) is 30.8 Å². The number of hydrogen-bond acceptors (Lipinski definition) is 4. The molecule has 7 nitrogen and oxygen atoms in total. The Morgan fingerprint density at radius 1 is 0.971 bits per heavy atom. The molecule has 3 N–H and O–H groups in total. The number of carbonyl (C=O) groups excluding carboxylic acids is 2. The molecular weight excluding hydrogens is 432 g/mol. The average Bonchev–Trinajstić information content (AvgIpc) is 3.10. The van der Waals surface area contributed by atoms with Gasteiger partial charge in [0, 0.05) is 5.92 Å². The van der Waals surface area contributed by atoms with Gasteiger partial charge < -0.3 is 20.5 Å². The minimum absolute atomic E-state index is 0.0944. The van der Waals surface area contributed by atoms with Crippen LogP contribution < -0.4 is 10.6 Å². The molecule has 0 aliphatic heterocycles. The summed E-state index contributed by atoms with van der Waals surface area (Å²) in [6.07, 6.45) is -0.187. The Hall–Kier alpha value is -3.35. The summed E-state index contributed by atoms with van der Waals surface area (Å²) in [7, 11) is 0. The summed E-state index contributed by atoms with van der Waals surface area (Å²) in [4.78, 5) is 37.4. The highest BCUT2D eigenvalue weighted by Gasteiger charge is 2.37. The molecule has 0 radical (unpaired) electrons. The van der Waals surface area contributed by atoms with Crippen molar-refractivity contribution in [1.29, 1.82) is 0 Å². The maximum atomic E-state index is 13.0. The molecule has 1 aliphatic carbocycles. The first-order valence-corrected chi connectivity index (χ1v) is 11.6. The van der Waals surface area contributed by atoms with Crippen LogP contribution in [0.4, 0.5) is 4.79 Å². The van der Waals surface area contributed by atoms with E-state index in [0.29, 0.717) is 0 Å². The quantitative estimate of drug-likeness (QED) is 0.523. The summed E-state index contributed by atoms with van der Waals surface area (Å²) < 4.78 is 5.57. The number of fused-ring (bicyclic) bond motifs is 3. The van der Waals surface area contributed by atoms with E-state index >= 15 is 0 Å². The maximum Gasteiger partial charge on any atom is 0.408 e. The van der Waals surface area contributed by atoms with E-state index in [1.54, 1.807) is 13.8 Å². The number of alkyl carbamates (subject to hydrolysis) is 1. The SMILES string of the molecule is CCC(C)(NC(=O)OCC1c2ccccc2-c2ccccc21)C(=O)NC(CC(C)(C)C)C(=O)O. The fraction of sp³-hybridized carbons (Fsp3) is 0.444. The molecule has 0 saturated heterocycles. The number of carboxylic acids is 1. The zero-order valence-electron chi connectivity index (χ0n) is 20.5. The van der Waals surface area contributed by atoms with Gasteiger partial charge in [-0.3, -0.25) is 4.79 Å². The average molecular weight is 467 g/mol. The van der Waals surface area contributed by atoms with Gasteiger partial charge in [0.25, 0.3) is 0 Å². The second-order valence-electron chi connectivity index (χ2n) is 10.3. The first-order valence-electron chi connectivity index (χ1n) is 11.6. The number of nitrogens with one attached hydrogen (secondary N) is 2. The summed E-state index contributed by atoms with van der Waals surface area (Å²) in [6.45, 7) is 9.17. The molecule has 0 fully saturated rings. The second-order valence-corrected chi connectivity index (χ2v) is 10.3. The number of benzene rings is 2. The third-order valence-corrected chi connectivity index (χ3v) is 6.35. The van der Waals surface area contributed by atoms with Crippen molar-refractivity contribution in [2.24, 2.45) is 5.41 Å². The Morgan fingerprint density at radius 3 is 1.97 bits per heavy atom. The van der Waals surface area contributed by atoms with Crippen LogP contribution in [0, 0.1) is 5.41 Å². The molecule has 2 aromatic rings. The third-order valence-electron chi connectivity index (χ3n) is 6.35. The lowest BCUT2D eigenvalue weighted by molar-refractivity contribution is -0.143. The fourth-order valence-corrected chi connectivity index (χ4v) is 4.30. The van der Waals surface area contributed by atoms with Crippen LogP contribution in [0.2, 0.25) is 0 Å². The summed E-state index contributed by atoms with van der Waals surface area (Å²) in [5.41, 5.74) is 2.85. The molecule has 1 aliphatic rings. The fourth-order valence-electron chi connectivity index (χ4n) is 4.30. The van der Waals surface area contributed by atoms with Crippen LogP contribution in [0.5, 0.6) is 0 Å². The molecular formula is C27H34N2O5. The van der Waals surface area contributed by atoms with E-state index in [4.69, 9.17) is 4.74 Å². The van der Waals surface area contributed by atoms with E-state index in [1.807, 2.05) is 57.2 Å². The van der Waals surface area contributed by atoms with Gasteiger partial charge in [0.05, 0.1) is 0 Å². The molecule has 0 saturated carbocycles. The van der Waals surface area contributed by atoms with Gasteiger partial charge >= 0.3 is 12.1 Å². The smallest absolute Gasteiger partial charge is 0.408 e. The number of aliphatic carboxylic acids is 1. The number of hydrogen-bond donors (Lipinski definition) is 3. The van der Waals surface area contributed by atoms with Gasteiger partial charge in [0.1, 0.15) is 18.2 Å².